The maximum Gasteiger partial charge on any atom is 0.277 e. The van der Waals surface area contributed by atoms with E-state index in [4.69, 9.17) is 9.72 Å². The van der Waals surface area contributed by atoms with E-state index < -0.39 is 10.0 Å². The first-order valence-electron chi connectivity index (χ1n) is 12.9. The quantitative estimate of drug-likeness (QED) is 0.382. The van der Waals surface area contributed by atoms with Gasteiger partial charge in [0.2, 0.25) is 10.0 Å². The van der Waals surface area contributed by atoms with Crippen LogP contribution in [-0.4, -0.2) is 88.4 Å². The van der Waals surface area contributed by atoms with E-state index in [1.807, 2.05) is 25.7 Å². The molecule has 0 bridgehead atoms. The van der Waals surface area contributed by atoms with E-state index in [-0.39, 0.29) is 22.9 Å². The summed E-state index contributed by atoms with van der Waals surface area (Å²) in [6, 6.07) is 4.71. The number of rotatable bonds is 11. The second-order valence-corrected chi connectivity index (χ2v) is 11.0. The normalized spacial score (nSPS) is 15.5. The highest BCUT2D eigenvalue weighted by Crippen LogP contribution is 2.32. The molecule has 1 aliphatic heterocycles. The molecular formula is C25H36N6O5S. The Morgan fingerprint density at radius 1 is 1.11 bits per heavy atom. The third-order valence-corrected chi connectivity index (χ3v) is 8.40. The van der Waals surface area contributed by atoms with E-state index >= 15 is 0 Å². The van der Waals surface area contributed by atoms with Crippen LogP contribution >= 0.6 is 0 Å². The molecule has 3 heterocycles. The van der Waals surface area contributed by atoms with Crippen molar-refractivity contribution in [1.82, 2.24) is 29.0 Å². The number of β-amino-alcohol motifs (C(OH)–C–C–N with tert-alkyl or cyclic N) is 1. The fraction of sp³-hybridized carbons (Fsp3) is 0.560. The number of aromatic amines is 1. The van der Waals surface area contributed by atoms with Gasteiger partial charge in [0.25, 0.3) is 5.56 Å². The summed E-state index contributed by atoms with van der Waals surface area (Å²) in [6.45, 7) is 9.27. The summed E-state index contributed by atoms with van der Waals surface area (Å²) in [4.78, 5) is 22.9. The molecule has 0 aliphatic carbocycles. The van der Waals surface area contributed by atoms with Crippen molar-refractivity contribution in [2.75, 3.05) is 45.9 Å². The van der Waals surface area contributed by atoms with Crippen LogP contribution in [0.1, 0.15) is 39.3 Å². The minimum atomic E-state index is -3.79. The molecule has 3 aromatic rings. The molecule has 0 atom stereocenters. The van der Waals surface area contributed by atoms with Crippen LogP contribution in [0.3, 0.4) is 0 Å². The summed E-state index contributed by atoms with van der Waals surface area (Å²) in [5.41, 5.74) is 1.77. The predicted octanol–water partition coefficient (Wildman–Crippen LogP) is 1.85. The zero-order chi connectivity index (χ0) is 26.6. The number of hydrogen-bond donors (Lipinski definition) is 2. The van der Waals surface area contributed by atoms with Crippen molar-refractivity contribution >= 4 is 21.1 Å². The molecule has 202 valence electrons. The summed E-state index contributed by atoms with van der Waals surface area (Å²) in [5, 5.41) is 13.8. The molecule has 37 heavy (non-hydrogen) atoms. The van der Waals surface area contributed by atoms with Gasteiger partial charge in [-0.3, -0.25) is 14.4 Å². The lowest BCUT2D eigenvalue weighted by Crippen LogP contribution is -2.49. The van der Waals surface area contributed by atoms with Gasteiger partial charge in [-0.15, -0.1) is 0 Å². The Balaban J connectivity index is 1.79. The number of ether oxygens (including phenoxy) is 1. The van der Waals surface area contributed by atoms with E-state index in [1.54, 1.807) is 10.7 Å². The number of aryl methyl sites for hydroxylation is 2. The van der Waals surface area contributed by atoms with Crippen molar-refractivity contribution in [3.63, 3.8) is 0 Å². The molecule has 1 aromatic carbocycles. The Morgan fingerprint density at radius 3 is 2.51 bits per heavy atom. The first kappa shape index (κ1) is 27.2. The van der Waals surface area contributed by atoms with Crippen LogP contribution in [0.5, 0.6) is 5.75 Å². The van der Waals surface area contributed by atoms with Gasteiger partial charge >= 0.3 is 0 Å². The molecule has 0 amide bonds. The van der Waals surface area contributed by atoms with Gasteiger partial charge in [-0.05, 0) is 38.0 Å². The Hall–Kier alpha value is -2.80. The molecule has 0 radical (unpaired) electrons. The fourth-order valence-corrected chi connectivity index (χ4v) is 6.04. The Bertz CT molecular complexity index is 1390. The van der Waals surface area contributed by atoms with Crippen LogP contribution < -0.4 is 10.3 Å². The number of hydrogen-bond acceptors (Lipinski definition) is 8. The lowest BCUT2D eigenvalue weighted by Gasteiger charge is -2.33. The highest BCUT2D eigenvalue weighted by atomic mass is 32.2. The van der Waals surface area contributed by atoms with E-state index in [9.17, 15) is 18.3 Å². The first-order chi connectivity index (χ1) is 17.8. The minimum absolute atomic E-state index is 0.0437. The highest BCUT2D eigenvalue weighted by molar-refractivity contribution is 7.89. The number of aliphatic hydroxyl groups excluding tert-OH is 1. The summed E-state index contributed by atoms with van der Waals surface area (Å²) < 4.78 is 36.1. The first-order valence-corrected chi connectivity index (χ1v) is 14.4. The summed E-state index contributed by atoms with van der Waals surface area (Å²) in [6.07, 6.45) is 2.30. The minimum Gasteiger partial charge on any atom is -0.493 e. The molecule has 1 aliphatic rings. The van der Waals surface area contributed by atoms with Gasteiger partial charge in [0.15, 0.2) is 5.52 Å². The van der Waals surface area contributed by atoms with Crippen LogP contribution in [0.25, 0.3) is 22.4 Å². The molecule has 0 unspecified atom stereocenters. The van der Waals surface area contributed by atoms with Crippen molar-refractivity contribution < 1.29 is 18.3 Å². The molecule has 0 saturated carbocycles. The number of benzene rings is 1. The molecule has 2 aromatic heterocycles. The topological polar surface area (TPSA) is 134 Å². The highest BCUT2D eigenvalue weighted by Gasteiger charge is 2.29. The maximum atomic E-state index is 13.5. The van der Waals surface area contributed by atoms with E-state index in [0.717, 1.165) is 18.5 Å². The molecule has 11 nitrogen and oxygen atoms in total. The van der Waals surface area contributed by atoms with Crippen molar-refractivity contribution in [2.24, 2.45) is 0 Å². The lowest BCUT2D eigenvalue weighted by molar-refractivity contribution is 0.151. The van der Waals surface area contributed by atoms with Crippen molar-refractivity contribution in [2.45, 2.75) is 51.5 Å². The fourth-order valence-electron chi connectivity index (χ4n) is 4.59. The average Bonchev–Trinajstić information content (AvgIpc) is 3.26. The standard InChI is InChI=1S/C25H36N6O5S/c1-4-7-20-22-23(31(6-3)28-20)25(33)27-24(26-22)19-17-18(8-9-21(19)36-16-5-2)37(34,35)30-12-10-29(11-13-30)14-15-32/h8-9,17,32H,4-7,10-16H2,1-3H3,(H,26,27,33). The second kappa shape index (κ2) is 11.7. The van der Waals surface area contributed by atoms with Crippen LogP contribution in [0.2, 0.25) is 0 Å². The van der Waals surface area contributed by atoms with Gasteiger partial charge in [-0.1, -0.05) is 20.3 Å². The molecular weight excluding hydrogens is 496 g/mol. The van der Waals surface area contributed by atoms with Gasteiger partial charge < -0.3 is 14.8 Å². The van der Waals surface area contributed by atoms with E-state index in [1.165, 1.54) is 16.4 Å². The zero-order valence-electron chi connectivity index (χ0n) is 21.7. The number of sulfonamides is 1. The van der Waals surface area contributed by atoms with E-state index in [2.05, 4.69) is 10.1 Å². The molecule has 1 saturated heterocycles. The van der Waals surface area contributed by atoms with Gasteiger partial charge in [0.1, 0.15) is 17.1 Å². The smallest absolute Gasteiger partial charge is 0.277 e. The Kier molecular flexibility index (Phi) is 8.63. The van der Waals surface area contributed by atoms with Crippen LogP contribution in [0, 0.1) is 0 Å². The van der Waals surface area contributed by atoms with E-state index in [0.29, 0.717) is 74.6 Å². The van der Waals surface area contributed by atoms with Gasteiger partial charge in [-0.2, -0.15) is 9.40 Å². The predicted molar refractivity (Wildman–Crippen MR) is 141 cm³/mol. The number of aliphatic hydroxyl groups is 1. The zero-order valence-corrected chi connectivity index (χ0v) is 22.6. The lowest BCUT2D eigenvalue weighted by atomic mass is 10.1. The van der Waals surface area contributed by atoms with Crippen LogP contribution in [0.15, 0.2) is 27.9 Å². The average molecular weight is 533 g/mol. The monoisotopic (exact) mass is 532 g/mol. The van der Waals surface area contributed by atoms with Crippen LogP contribution in [0.4, 0.5) is 0 Å². The van der Waals surface area contributed by atoms with Gasteiger partial charge in [-0.25, -0.2) is 13.4 Å². The Labute approximate surface area is 217 Å². The molecule has 0 spiro atoms. The number of aromatic nitrogens is 4. The van der Waals surface area contributed by atoms with Crippen LogP contribution in [-0.2, 0) is 23.0 Å². The number of H-pyrrole nitrogens is 1. The maximum absolute atomic E-state index is 13.5. The number of piperazine rings is 1. The van der Waals surface area contributed by atoms with Crippen molar-refractivity contribution in [3.8, 4) is 17.1 Å². The third kappa shape index (κ3) is 5.57. The van der Waals surface area contributed by atoms with Crippen molar-refractivity contribution in [3.05, 3.63) is 34.2 Å². The summed E-state index contributed by atoms with van der Waals surface area (Å²) >= 11 is 0. The molecule has 1 fully saturated rings. The van der Waals surface area contributed by atoms with Crippen molar-refractivity contribution in [1.29, 1.82) is 0 Å². The second-order valence-electron chi connectivity index (χ2n) is 9.10. The summed E-state index contributed by atoms with van der Waals surface area (Å²) in [5.74, 6) is 0.706. The largest absolute Gasteiger partial charge is 0.493 e. The van der Waals surface area contributed by atoms with Gasteiger partial charge in [0, 0.05) is 39.3 Å². The number of fused-ring (bicyclic) bond motifs is 1. The molecule has 4 rings (SSSR count). The molecule has 12 heteroatoms. The summed E-state index contributed by atoms with van der Waals surface area (Å²) in [7, 11) is -3.79. The number of nitrogens with one attached hydrogen (secondary N) is 1. The number of nitrogens with zero attached hydrogens (tertiary/aromatic N) is 5. The molecule has 2 N–H and O–H groups in total. The van der Waals surface area contributed by atoms with Gasteiger partial charge in [0.05, 0.1) is 29.4 Å². The SMILES string of the molecule is CCCOc1ccc(S(=O)(=O)N2CCN(CCO)CC2)cc1-c1nc2c(CCC)nn(CC)c2c(=O)[nH]1. The third-order valence-electron chi connectivity index (χ3n) is 6.51. The Morgan fingerprint density at radius 2 is 1.86 bits per heavy atom.